The van der Waals surface area contributed by atoms with Gasteiger partial charge < -0.3 is 14.4 Å². The van der Waals surface area contributed by atoms with Gasteiger partial charge in [-0.05, 0) is 49.4 Å². The number of nitrogens with zero attached hydrogens (tertiary/aromatic N) is 2. The average molecular weight is 367 g/mol. The number of methoxy groups -OCH3 is 2. The lowest BCUT2D eigenvalue weighted by Crippen LogP contribution is -2.18. The molecule has 4 nitrogen and oxygen atoms in total. The van der Waals surface area contributed by atoms with Crippen LogP contribution < -0.4 is 14.4 Å². The Morgan fingerprint density at radius 2 is 1.70 bits per heavy atom. The quantitative estimate of drug-likeness (QED) is 0.587. The van der Waals surface area contributed by atoms with E-state index in [0.29, 0.717) is 0 Å². The second-order valence-corrected chi connectivity index (χ2v) is 6.99. The van der Waals surface area contributed by atoms with Crippen molar-refractivity contribution in [2.75, 3.05) is 32.2 Å². The largest absolute Gasteiger partial charge is 0.496 e. The van der Waals surface area contributed by atoms with Gasteiger partial charge in [0.1, 0.15) is 11.5 Å². The minimum Gasteiger partial charge on any atom is -0.496 e. The second kappa shape index (κ2) is 9.45. The summed E-state index contributed by atoms with van der Waals surface area (Å²) in [5, 5.41) is 0. The number of ether oxygens (including phenoxy) is 2. The Morgan fingerprint density at radius 1 is 1.00 bits per heavy atom. The summed E-state index contributed by atoms with van der Waals surface area (Å²) >= 11 is 0. The van der Waals surface area contributed by atoms with Crippen molar-refractivity contribution in [3.05, 3.63) is 47.5 Å². The lowest BCUT2D eigenvalue weighted by Gasteiger charge is -2.22. The highest BCUT2D eigenvalue weighted by Gasteiger charge is 2.19. The molecule has 0 unspecified atom stereocenters. The molecule has 0 atom stereocenters. The van der Waals surface area contributed by atoms with Crippen molar-refractivity contribution < 1.29 is 9.47 Å². The summed E-state index contributed by atoms with van der Waals surface area (Å²) in [6, 6.07) is 12.6. The Hall–Kier alpha value is -2.49. The van der Waals surface area contributed by atoms with Crippen LogP contribution in [0.4, 0.5) is 11.4 Å². The molecule has 0 saturated carbocycles. The van der Waals surface area contributed by atoms with Crippen molar-refractivity contribution in [3.8, 4) is 11.5 Å². The SMILES string of the molecule is CCCCc1ccc(N=Cc2cc(OC)c(N3CCCC3)cc2OC)cc1. The maximum absolute atomic E-state index is 5.64. The van der Waals surface area contributed by atoms with Gasteiger partial charge in [0.25, 0.3) is 0 Å². The number of hydrogen-bond acceptors (Lipinski definition) is 4. The number of unbranched alkanes of at least 4 members (excludes halogenated alkanes) is 1. The summed E-state index contributed by atoms with van der Waals surface area (Å²) in [4.78, 5) is 6.99. The van der Waals surface area contributed by atoms with Crippen LogP contribution in [-0.4, -0.2) is 33.5 Å². The molecule has 0 bridgehead atoms. The molecular formula is C23H30N2O2. The van der Waals surface area contributed by atoms with E-state index in [2.05, 4.69) is 47.1 Å². The third-order valence-electron chi connectivity index (χ3n) is 5.09. The predicted molar refractivity (Wildman–Crippen MR) is 113 cm³/mol. The first-order valence-corrected chi connectivity index (χ1v) is 9.89. The molecule has 2 aromatic rings. The number of aryl methyl sites for hydroxylation is 1. The Balaban J connectivity index is 1.81. The highest BCUT2D eigenvalue weighted by atomic mass is 16.5. The monoisotopic (exact) mass is 366 g/mol. The van der Waals surface area contributed by atoms with E-state index in [0.717, 1.165) is 47.9 Å². The van der Waals surface area contributed by atoms with E-state index in [-0.39, 0.29) is 0 Å². The Morgan fingerprint density at radius 3 is 2.33 bits per heavy atom. The van der Waals surface area contributed by atoms with E-state index < -0.39 is 0 Å². The fourth-order valence-corrected chi connectivity index (χ4v) is 3.48. The third-order valence-corrected chi connectivity index (χ3v) is 5.09. The van der Waals surface area contributed by atoms with Crippen molar-refractivity contribution in [1.29, 1.82) is 0 Å². The van der Waals surface area contributed by atoms with Gasteiger partial charge in [-0.3, -0.25) is 4.99 Å². The van der Waals surface area contributed by atoms with E-state index in [9.17, 15) is 0 Å². The lowest BCUT2D eigenvalue weighted by molar-refractivity contribution is 0.402. The summed E-state index contributed by atoms with van der Waals surface area (Å²) in [6.45, 7) is 4.35. The van der Waals surface area contributed by atoms with Crippen LogP contribution in [0.25, 0.3) is 0 Å². The number of anilines is 1. The Bertz CT molecular complexity index is 763. The zero-order valence-corrected chi connectivity index (χ0v) is 16.7. The van der Waals surface area contributed by atoms with E-state index in [1.54, 1.807) is 14.2 Å². The molecule has 1 heterocycles. The van der Waals surface area contributed by atoms with E-state index >= 15 is 0 Å². The highest BCUT2D eigenvalue weighted by Crippen LogP contribution is 2.36. The smallest absolute Gasteiger partial charge is 0.143 e. The molecule has 0 amide bonds. The van der Waals surface area contributed by atoms with Crippen LogP contribution in [0.3, 0.4) is 0 Å². The molecule has 0 aromatic heterocycles. The van der Waals surface area contributed by atoms with Crippen LogP contribution >= 0.6 is 0 Å². The molecule has 0 aliphatic carbocycles. The third kappa shape index (κ3) is 4.82. The van der Waals surface area contributed by atoms with Crippen LogP contribution in [0.5, 0.6) is 11.5 Å². The van der Waals surface area contributed by atoms with Crippen LogP contribution in [0.15, 0.2) is 41.4 Å². The van der Waals surface area contributed by atoms with Gasteiger partial charge in [0.05, 0.1) is 25.6 Å². The minimum absolute atomic E-state index is 0.820. The van der Waals surface area contributed by atoms with Crippen LogP contribution in [0.2, 0.25) is 0 Å². The zero-order valence-electron chi connectivity index (χ0n) is 16.7. The first kappa shape index (κ1) is 19.3. The zero-order chi connectivity index (χ0) is 19.1. The fourth-order valence-electron chi connectivity index (χ4n) is 3.48. The van der Waals surface area contributed by atoms with Gasteiger partial charge in [-0.25, -0.2) is 0 Å². The topological polar surface area (TPSA) is 34.1 Å². The molecule has 1 fully saturated rings. The number of aliphatic imine (C=N–C) groups is 1. The molecule has 144 valence electrons. The van der Waals surface area contributed by atoms with Crippen LogP contribution in [0.1, 0.15) is 43.7 Å². The number of benzene rings is 2. The fraction of sp³-hybridized carbons (Fsp3) is 0.435. The van der Waals surface area contributed by atoms with Gasteiger partial charge >= 0.3 is 0 Å². The Labute approximate surface area is 162 Å². The van der Waals surface area contributed by atoms with Gasteiger partial charge in [0.2, 0.25) is 0 Å². The van der Waals surface area contributed by atoms with E-state index in [4.69, 9.17) is 9.47 Å². The van der Waals surface area contributed by atoms with Gasteiger partial charge in [-0.2, -0.15) is 0 Å². The van der Waals surface area contributed by atoms with Gasteiger partial charge in [-0.1, -0.05) is 25.5 Å². The molecule has 27 heavy (non-hydrogen) atoms. The van der Waals surface area contributed by atoms with Crippen LogP contribution in [0, 0.1) is 0 Å². The first-order valence-electron chi connectivity index (χ1n) is 9.89. The summed E-state index contributed by atoms with van der Waals surface area (Å²) in [6.07, 6.45) is 7.88. The Kier molecular flexibility index (Phi) is 6.74. The molecule has 2 aromatic carbocycles. The first-order chi connectivity index (χ1) is 13.2. The maximum atomic E-state index is 5.64. The molecule has 0 N–H and O–H groups in total. The molecular weight excluding hydrogens is 336 g/mol. The van der Waals surface area contributed by atoms with Crippen molar-refractivity contribution in [2.45, 2.75) is 39.0 Å². The lowest BCUT2D eigenvalue weighted by atomic mass is 10.1. The van der Waals surface area contributed by atoms with Crippen molar-refractivity contribution >= 4 is 17.6 Å². The molecule has 1 saturated heterocycles. The molecule has 4 heteroatoms. The number of hydrogen-bond donors (Lipinski definition) is 0. The number of rotatable bonds is 8. The average Bonchev–Trinajstić information content (AvgIpc) is 3.25. The minimum atomic E-state index is 0.820. The standard InChI is InChI=1S/C23H30N2O2/c1-4-5-8-18-9-11-20(12-10-18)24-17-19-15-23(27-3)21(16-22(19)26-2)25-13-6-7-14-25/h9-12,15-17H,4-8,13-14H2,1-3H3. The highest BCUT2D eigenvalue weighted by molar-refractivity contribution is 5.88. The van der Waals surface area contributed by atoms with E-state index in [1.165, 1.54) is 31.2 Å². The molecule has 1 aliphatic heterocycles. The summed E-state index contributed by atoms with van der Waals surface area (Å²) in [7, 11) is 3.42. The van der Waals surface area contributed by atoms with Gasteiger partial charge in [0.15, 0.2) is 0 Å². The summed E-state index contributed by atoms with van der Waals surface area (Å²) in [5.41, 5.74) is 4.33. The molecule has 0 spiro atoms. The molecule has 0 radical (unpaired) electrons. The molecule has 3 rings (SSSR count). The van der Waals surface area contributed by atoms with Gasteiger partial charge in [0, 0.05) is 30.9 Å². The van der Waals surface area contributed by atoms with Gasteiger partial charge in [-0.15, -0.1) is 0 Å². The van der Waals surface area contributed by atoms with Crippen LogP contribution in [-0.2, 0) is 6.42 Å². The van der Waals surface area contributed by atoms with Crippen molar-refractivity contribution in [2.24, 2.45) is 4.99 Å². The normalized spacial score (nSPS) is 14.1. The second-order valence-electron chi connectivity index (χ2n) is 6.99. The van der Waals surface area contributed by atoms with Crippen molar-refractivity contribution in [3.63, 3.8) is 0 Å². The maximum Gasteiger partial charge on any atom is 0.143 e. The predicted octanol–water partition coefficient (Wildman–Crippen LogP) is 5.40. The van der Waals surface area contributed by atoms with Crippen molar-refractivity contribution in [1.82, 2.24) is 0 Å². The summed E-state index contributed by atoms with van der Waals surface area (Å²) < 4.78 is 11.3. The van der Waals surface area contributed by atoms with E-state index in [1.807, 2.05) is 12.3 Å². The molecule has 1 aliphatic rings. The summed E-state index contributed by atoms with van der Waals surface area (Å²) in [5.74, 6) is 1.69.